The zero-order valence-corrected chi connectivity index (χ0v) is 3.33. The Labute approximate surface area is 37.2 Å². The molecule has 0 atom stereocenters. The lowest BCUT2D eigenvalue weighted by molar-refractivity contribution is 0.992. The van der Waals surface area contributed by atoms with E-state index in [9.17, 15) is 0 Å². The Balaban J connectivity index is 3.05. The SMILES string of the molecule is [BH]n1cccn1. The molecule has 0 amide bonds. The maximum atomic E-state index is 3.72. The van der Waals surface area contributed by atoms with E-state index in [0.717, 1.165) is 0 Å². The third-order valence-corrected chi connectivity index (χ3v) is 0.559. The fourth-order valence-corrected chi connectivity index (χ4v) is 0.300. The Kier molecular flexibility index (Phi) is 0.672. The molecule has 0 saturated carbocycles. The molecule has 1 heterocycles. The van der Waals surface area contributed by atoms with Crippen LogP contribution in [0.4, 0.5) is 0 Å². The maximum absolute atomic E-state index is 3.72. The van der Waals surface area contributed by atoms with E-state index in [1.54, 1.807) is 12.4 Å². The zero-order valence-electron chi connectivity index (χ0n) is 3.33. The summed E-state index contributed by atoms with van der Waals surface area (Å²) >= 11 is 0. The molecular weight excluding hydrogens is 74.9 g/mol. The highest BCUT2D eigenvalue weighted by Crippen LogP contribution is 1.72. The van der Waals surface area contributed by atoms with E-state index in [2.05, 4.69) is 13.1 Å². The Morgan fingerprint density at radius 3 is 2.67 bits per heavy atom. The Hall–Kier alpha value is -0.725. The molecule has 0 N–H and O–H groups in total. The lowest BCUT2D eigenvalue weighted by atomic mass is 10.5. The minimum absolute atomic E-state index is 1.50. The summed E-state index contributed by atoms with van der Waals surface area (Å²) in [5.41, 5.74) is 0. The van der Waals surface area contributed by atoms with Crippen LogP contribution in [0.25, 0.3) is 0 Å². The minimum atomic E-state index is 1.50. The summed E-state index contributed by atoms with van der Waals surface area (Å²) in [7, 11) is 3.49. The molecule has 0 saturated heterocycles. The molecule has 29 valence electrons. The first kappa shape index (κ1) is 3.46. The number of rotatable bonds is 0. The summed E-state index contributed by atoms with van der Waals surface area (Å²) in [5.74, 6) is 0. The quantitative estimate of drug-likeness (QED) is 0.385. The summed E-state index contributed by atoms with van der Waals surface area (Å²) in [6.07, 6.45) is 3.47. The van der Waals surface area contributed by atoms with E-state index in [-0.39, 0.29) is 0 Å². The van der Waals surface area contributed by atoms with Crippen molar-refractivity contribution in [3.8, 4) is 0 Å². The average Bonchev–Trinajstić information content (AvgIpc) is 1.86. The van der Waals surface area contributed by atoms with Crippen LogP contribution in [0.1, 0.15) is 0 Å². The predicted octanol–water partition coefficient (Wildman–Crippen LogP) is -0.453. The van der Waals surface area contributed by atoms with E-state index in [1.165, 1.54) is 4.59 Å². The first-order valence-electron chi connectivity index (χ1n) is 1.70. The number of hydrogen-bond donors (Lipinski definition) is 0. The Morgan fingerprint density at radius 1 is 1.67 bits per heavy atom. The van der Waals surface area contributed by atoms with Crippen molar-refractivity contribution in [1.29, 1.82) is 0 Å². The van der Waals surface area contributed by atoms with Gasteiger partial charge in [-0.25, -0.2) is 0 Å². The molecule has 0 spiro atoms. The van der Waals surface area contributed by atoms with Crippen molar-refractivity contribution in [2.24, 2.45) is 0 Å². The van der Waals surface area contributed by atoms with Crippen LogP contribution >= 0.6 is 0 Å². The van der Waals surface area contributed by atoms with Gasteiger partial charge in [-0.2, -0.15) is 5.10 Å². The van der Waals surface area contributed by atoms with Crippen molar-refractivity contribution < 1.29 is 0 Å². The highest BCUT2D eigenvalue weighted by Gasteiger charge is 1.69. The average molecular weight is 78.9 g/mol. The maximum Gasteiger partial charge on any atom is 0.258 e. The molecule has 0 aliphatic rings. The predicted molar refractivity (Wildman–Crippen MR) is 24.8 cm³/mol. The van der Waals surface area contributed by atoms with E-state index < -0.39 is 0 Å². The molecular formula is C3H4BN2. The van der Waals surface area contributed by atoms with Gasteiger partial charge in [0.1, 0.15) is 0 Å². The normalized spacial score (nSPS) is 8.67. The van der Waals surface area contributed by atoms with Gasteiger partial charge in [0, 0.05) is 12.4 Å². The molecule has 2 nitrogen and oxygen atoms in total. The van der Waals surface area contributed by atoms with E-state index in [0.29, 0.717) is 0 Å². The van der Waals surface area contributed by atoms with E-state index >= 15 is 0 Å². The Morgan fingerprint density at radius 2 is 2.50 bits per heavy atom. The third kappa shape index (κ3) is 0.430. The lowest BCUT2D eigenvalue weighted by Gasteiger charge is -1.77. The first-order chi connectivity index (χ1) is 2.89. The fourth-order valence-electron chi connectivity index (χ4n) is 0.300. The van der Waals surface area contributed by atoms with Crippen molar-refractivity contribution in [2.75, 3.05) is 0 Å². The van der Waals surface area contributed by atoms with Gasteiger partial charge in [0.15, 0.2) is 0 Å². The zero-order chi connectivity index (χ0) is 4.41. The standard InChI is InChI=1S/C3H4BN2/c4-6-3-1-2-5-6/h1-4H. The summed E-state index contributed by atoms with van der Waals surface area (Å²) in [5, 5.41) is 3.72. The highest BCUT2D eigenvalue weighted by molar-refractivity contribution is 6.05. The number of hydrogen-bond acceptors (Lipinski definition) is 1. The molecule has 0 aliphatic carbocycles. The Bertz CT molecular complexity index is 112. The molecule has 6 heavy (non-hydrogen) atoms. The molecule has 0 fully saturated rings. The molecule has 1 rings (SSSR count). The van der Waals surface area contributed by atoms with Crippen molar-refractivity contribution in [1.82, 2.24) is 9.69 Å². The van der Waals surface area contributed by atoms with Crippen molar-refractivity contribution in [3.05, 3.63) is 18.5 Å². The van der Waals surface area contributed by atoms with Crippen LogP contribution < -0.4 is 0 Å². The molecule has 0 unspecified atom stereocenters. The molecule has 0 aliphatic heterocycles. The molecule has 1 radical (unpaired) electrons. The van der Waals surface area contributed by atoms with Crippen LogP contribution in [0.2, 0.25) is 0 Å². The van der Waals surface area contributed by atoms with Crippen LogP contribution in [0.15, 0.2) is 18.5 Å². The second-order valence-electron chi connectivity index (χ2n) is 1.05. The summed E-state index contributed by atoms with van der Waals surface area (Å²) < 4.78 is 1.50. The van der Waals surface area contributed by atoms with Crippen molar-refractivity contribution in [2.45, 2.75) is 0 Å². The number of nitrogens with zero attached hydrogens (tertiary/aromatic N) is 2. The van der Waals surface area contributed by atoms with Gasteiger partial charge in [0.05, 0.1) is 0 Å². The van der Waals surface area contributed by atoms with Gasteiger partial charge in [0.2, 0.25) is 0 Å². The molecule has 1 aromatic rings. The highest BCUT2D eigenvalue weighted by atomic mass is 15.2. The molecule has 0 aromatic carbocycles. The van der Waals surface area contributed by atoms with Crippen LogP contribution in [0.5, 0.6) is 0 Å². The van der Waals surface area contributed by atoms with Crippen LogP contribution in [0.3, 0.4) is 0 Å². The van der Waals surface area contributed by atoms with Crippen molar-refractivity contribution >= 4 is 7.98 Å². The largest absolute Gasteiger partial charge is 0.328 e. The van der Waals surface area contributed by atoms with Gasteiger partial charge < -0.3 is 4.59 Å². The summed E-state index contributed by atoms with van der Waals surface area (Å²) in [6.45, 7) is 0. The van der Waals surface area contributed by atoms with E-state index in [4.69, 9.17) is 0 Å². The minimum Gasteiger partial charge on any atom is -0.328 e. The van der Waals surface area contributed by atoms with Crippen molar-refractivity contribution in [3.63, 3.8) is 0 Å². The number of aromatic nitrogens is 2. The first-order valence-corrected chi connectivity index (χ1v) is 1.70. The smallest absolute Gasteiger partial charge is 0.258 e. The van der Waals surface area contributed by atoms with Gasteiger partial charge in [-0.05, 0) is 6.07 Å². The van der Waals surface area contributed by atoms with Crippen LogP contribution in [-0.4, -0.2) is 17.7 Å². The second-order valence-corrected chi connectivity index (χ2v) is 1.05. The van der Waals surface area contributed by atoms with Gasteiger partial charge in [-0.3, -0.25) is 0 Å². The van der Waals surface area contributed by atoms with Gasteiger partial charge in [-0.15, -0.1) is 0 Å². The summed E-state index contributed by atoms with van der Waals surface area (Å²) in [6, 6.07) is 1.83. The summed E-state index contributed by atoms with van der Waals surface area (Å²) in [4.78, 5) is 0. The topological polar surface area (TPSA) is 17.8 Å². The third-order valence-electron chi connectivity index (χ3n) is 0.559. The monoisotopic (exact) mass is 79.0 g/mol. The van der Waals surface area contributed by atoms with Crippen LogP contribution in [0, 0.1) is 0 Å². The van der Waals surface area contributed by atoms with Gasteiger partial charge >= 0.3 is 0 Å². The lowest BCUT2D eigenvalue weighted by Crippen LogP contribution is -1.87. The second kappa shape index (κ2) is 1.16. The van der Waals surface area contributed by atoms with Crippen LogP contribution in [-0.2, 0) is 0 Å². The van der Waals surface area contributed by atoms with Gasteiger partial charge in [0.25, 0.3) is 7.98 Å². The fraction of sp³-hybridized carbons (Fsp3) is 0. The van der Waals surface area contributed by atoms with E-state index in [1.807, 2.05) is 6.07 Å². The van der Waals surface area contributed by atoms with Gasteiger partial charge in [-0.1, -0.05) is 0 Å². The molecule has 0 bridgehead atoms. The molecule has 1 aromatic heterocycles. The molecule has 3 heteroatoms.